The largest absolute Gasteiger partial charge is 0.480 e. The number of rotatable bonds is 8. The number of benzene rings is 1. The first-order valence-electron chi connectivity index (χ1n) is 8.38. The van der Waals surface area contributed by atoms with Crippen LogP contribution in [0.15, 0.2) is 43.6 Å². The van der Waals surface area contributed by atoms with E-state index >= 15 is 0 Å². The Hall–Kier alpha value is -1.58. The molecule has 1 aromatic rings. The molecule has 1 unspecified atom stereocenters. The normalized spacial score (nSPS) is 22.3. The van der Waals surface area contributed by atoms with Gasteiger partial charge in [0.05, 0.1) is 24.3 Å². The molecule has 1 atom stereocenters. The van der Waals surface area contributed by atoms with Gasteiger partial charge in [-0.05, 0) is 63.6 Å². The van der Waals surface area contributed by atoms with E-state index in [0.29, 0.717) is 12.7 Å². The van der Waals surface area contributed by atoms with Gasteiger partial charge in [-0.1, -0.05) is 24.3 Å². The van der Waals surface area contributed by atoms with Gasteiger partial charge in [0.25, 0.3) is 5.69 Å². The molecule has 0 heterocycles. The molecule has 0 bridgehead atoms. The van der Waals surface area contributed by atoms with Crippen molar-refractivity contribution in [2.45, 2.75) is 31.8 Å². The van der Waals surface area contributed by atoms with E-state index in [-0.39, 0.29) is 24.6 Å². The van der Waals surface area contributed by atoms with Crippen molar-refractivity contribution < 1.29 is 29.5 Å². The lowest BCUT2D eigenvalue weighted by Crippen LogP contribution is -2.41. The summed E-state index contributed by atoms with van der Waals surface area (Å²) in [5.74, 6) is -3.74. The van der Waals surface area contributed by atoms with Crippen LogP contribution in [0.25, 0.3) is 0 Å². The number of para-hydroxylation sites is 1. The molecule has 1 aromatic carbocycles. The fourth-order valence-electron chi connectivity index (χ4n) is 2.77. The Morgan fingerprint density at radius 2 is 1.90 bits per heavy atom. The Bertz CT molecular complexity index is 865. The van der Waals surface area contributed by atoms with Crippen molar-refractivity contribution in [1.82, 2.24) is 5.32 Å². The average molecular weight is 628 g/mol. The van der Waals surface area contributed by atoms with Crippen LogP contribution in [0.2, 0.25) is 0 Å². The van der Waals surface area contributed by atoms with Gasteiger partial charge in [0.1, 0.15) is 6.04 Å². The number of carbonyl (C=O) groups excluding carboxylic acids is 1. The number of aliphatic carboxylic acids is 1. The molecule has 2 rings (SSSR count). The third-order valence-corrected chi connectivity index (χ3v) is 6.36. The molecule has 11 heteroatoms. The summed E-state index contributed by atoms with van der Waals surface area (Å²) >= 11 is 3.78. The molecule has 9 nitrogen and oxygen atoms in total. The SMILES string of the molecule is CC(=O)NC(CC1C=C(I)C(O)(OCc2ccccc2[N+](=O)[O-])C(I)=C1)C(=O)O. The number of aliphatic hydroxyl groups is 1. The van der Waals surface area contributed by atoms with Crippen molar-refractivity contribution in [2.24, 2.45) is 5.92 Å². The number of carbonyl (C=O) groups is 2. The second-order valence-corrected chi connectivity index (χ2v) is 8.66. The number of carboxylic acids is 1. The van der Waals surface area contributed by atoms with Crippen LogP contribution in [-0.4, -0.2) is 38.8 Å². The lowest BCUT2D eigenvalue weighted by molar-refractivity contribution is -0.386. The van der Waals surface area contributed by atoms with E-state index in [2.05, 4.69) is 5.32 Å². The summed E-state index contributed by atoms with van der Waals surface area (Å²) < 4.78 is 6.45. The maximum Gasteiger partial charge on any atom is 0.326 e. The number of nitrogens with one attached hydrogen (secondary N) is 1. The van der Waals surface area contributed by atoms with Crippen LogP contribution in [-0.2, 0) is 20.9 Å². The van der Waals surface area contributed by atoms with Crippen LogP contribution in [0.4, 0.5) is 5.69 Å². The third kappa shape index (κ3) is 5.96. The highest BCUT2D eigenvalue weighted by atomic mass is 127. The zero-order valence-corrected chi connectivity index (χ0v) is 19.5. The summed E-state index contributed by atoms with van der Waals surface area (Å²) in [5, 5.41) is 33.8. The van der Waals surface area contributed by atoms with Crippen LogP contribution in [0.1, 0.15) is 18.9 Å². The number of nitrogens with zero attached hydrogens (tertiary/aromatic N) is 1. The Morgan fingerprint density at radius 3 is 2.41 bits per heavy atom. The van der Waals surface area contributed by atoms with Gasteiger partial charge in [-0.15, -0.1) is 0 Å². The van der Waals surface area contributed by atoms with Crippen LogP contribution in [0.3, 0.4) is 0 Å². The maximum absolute atomic E-state index is 11.4. The molecule has 0 spiro atoms. The van der Waals surface area contributed by atoms with Crippen molar-refractivity contribution in [1.29, 1.82) is 0 Å². The molecule has 1 amide bonds. The zero-order chi connectivity index (χ0) is 21.8. The molecule has 0 radical (unpaired) electrons. The minimum absolute atomic E-state index is 0.105. The average Bonchev–Trinajstić information content (AvgIpc) is 2.63. The summed E-state index contributed by atoms with van der Waals surface area (Å²) in [4.78, 5) is 33.2. The zero-order valence-electron chi connectivity index (χ0n) is 15.2. The number of amides is 1. The van der Waals surface area contributed by atoms with E-state index in [1.54, 1.807) is 30.4 Å². The highest BCUT2D eigenvalue weighted by Gasteiger charge is 2.39. The fraction of sp³-hybridized carbons (Fsp3) is 0.333. The number of nitro benzene ring substituents is 1. The van der Waals surface area contributed by atoms with Crippen LogP contribution >= 0.6 is 45.2 Å². The van der Waals surface area contributed by atoms with Gasteiger partial charge >= 0.3 is 5.97 Å². The van der Waals surface area contributed by atoms with Crippen molar-refractivity contribution in [3.8, 4) is 0 Å². The highest BCUT2D eigenvalue weighted by molar-refractivity contribution is 14.1. The quantitative estimate of drug-likeness (QED) is 0.174. The molecule has 156 valence electrons. The smallest absolute Gasteiger partial charge is 0.326 e. The monoisotopic (exact) mass is 628 g/mol. The van der Waals surface area contributed by atoms with Gasteiger partial charge in [-0.2, -0.15) is 0 Å². The van der Waals surface area contributed by atoms with E-state index in [4.69, 9.17) is 4.74 Å². The standard InChI is InChI=1S/C18H18I2N2O7/c1-10(23)21-13(17(24)25)6-11-7-15(19)18(26,16(20)8-11)29-9-12-4-2-3-5-14(12)22(27)28/h2-5,7-8,11,13,26H,6,9H2,1H3,(H,21,23)(H,24,25). The number of hydrogen-bond acceptors (Lipinski definition) is 6. The predicted molar refractivity (Wildman–Crippen MR) is 120 cm³/mol. The Kier molecular flexibility index (Phi) is 8.13. The molecule has 0 aliphatic heterocycles. The lowest BCUT2D eigenvalue weighted by Gasteiger charge is -2.33. The molecular weight excluding hydrogens is 610 g/mol. The second-order valence-electron chi connectivity index (χ2n) is 6.34. The van der Waals surface area contributed by atoms with E-state index in [0.717, 1.165) is 0 Å². The molecule has 0 fully saturated rings. The summed E-state index contributed by atoms with van der Waals surface area (Å²) in [6.07, 6.45) is 3.41. The summed E-state index contributed by atoms with van der Waals surface area (Å²) in [7, 11) is 0. The van der Waals surface area contributed by atoms with Crippen molar-refractivity contribution in [2.75, 3.05) is 0 Å². The van der Waals surface area contributed by atoms with Gasteiger partial charge in [0.2, 0.25) is 11.7 Å². The number of nitro groups is 1. The first kappa shape index (κ1) is 23.7. The Balaban J connectivity index is 2.17. The Labute approximate surface area is 193 Å². The first-order chi connectivity index (χ1) is 13.5. The topological polar surface area (TPSA) is 139 Å². The van der Waals surface area contributed by atoms with E-state index < -0.39 is 28.6 Å². The minimum atomic E-state index is -1.78. The van der Waals surface area contributed by atoms with Crippen LogP contribution < -0.4 is 5.32 Å². The number of halogens is 2. The number of carboxylic acid groups (broad SMARTS) is 1. The second kappa shape index (κ2) is 9.95. The minimum Gasteiger partial charge on any atom is -0.480 e. The van der Waals surface area contributed by atoms with Gasteiger partial charge in [-0.25, -0.2) is 4.79 Å². The molecule has 0 aromatic heterocycles. The van der Waals surface area contributed by atoms with Gasteiger partial charge in [-0.3, -0.25) is 14.9 Å². The third-order valence-electron chi connectivity index (χ3n) is 4.18. The molecule has 29 heavy (non-hydrogen) atoms. The van der Waals surface area contributed by atoms with E-state index in [1.165, 1.54) is 13.0 Å². The van der Waals surface area contributed by atoms with Gasteiger partial charge in [0.15, 0.2) is 0 Å². The predicted octanol–water partition coefficient (Wildman–Crippen LogP) is 3.05. The maximum atomic E-state index is 11.4. The lowest BCUT2D eigenvalue weighted by atomic mass is 9.93. The van der Waals surface area contributed by atoms with Crippen LogP contribution in [0, 0.1) is 16.0 Å². The molecule has 3 N–H and O–H groups in total. The van der Waals surface area contributed by atoms with Gasteiger partial charge in [0, 0.05) is 13.0 Å². The van der Waals surface area contributed by atoms with E-state index in [1.807, 2.05) is 45.2 Å². The fourth-order valence-corrected chi connectivity index (χ4v) is 5.10. The number of hydrogen-bond donors (Lipinski definition) is 3. The molecule has 1 aliphatic carbocycles. The molecule has 0 saturated carbocycles. The summed E-state index contributed by atoms with van der Waals surface area (Å²) in [6, 6.07) is 5.02. The Morgan fingerprint density at radius 1 is 1.31 bits per heavy atom. The van der Waals surface area contributed by atoms with Crippen LogP contribution in [0.5, 0.6) is 0 Å². The van der Waals surface area contributed by atoms with Crippen molar-refractivity contribution >= 4 is 62.7 Å². The highest BCUT2D eigenvalue weighted by Crippen LogP contribution is 2.42. The molecule has 0 saturated heterocycles. The summed E-state index contributed by atoms with van der Waals surface area (Å²) in [5.41, 5.74) is 0.209. The number of ether oxygens (including phenoxy) is 1. The molecular formula is C18H18I2N2O7. The van der Waals surface area contributed by atoms with Gasteiger partial charge < -0.3 is 20.3 Å². The first-order valence-corrected chi connectivity index (χ1v) is 10.5. The van der Waals surface area contributed by atoms with Crippen molar-refractivity contribution in [3.05, 3.63) is 59.3 Å². The van der Waals surface area contributed by atoms with E-state index in [9.17, 15) is 29.9 Å². The number of allylic oxidation sites excluding steroid dienone is 2. The molecule has 1 aliphatic rings. The summed E-state index contributed by atoms with van der Waals surface area (Å²) in [6.45, 7) is 1.05. The van der Waals surface area contributed by atoms with Crippen molar-refractivity contribution in [3.63, 3.8) is 0 Å².